The molecule has 0 amide bonds. The Hall–Kier alpha value is -1.02. The molecule has 1 rings (SSSR count). The molecule has 1 N–H and O–H groups in total. The molecule has 0 heterocycles. The molecular formula is C18H31NO. The molecule has 0 bridgehead atoms. The fourth-order valence-electron chi connectivity index (χ4n) is 2.19. The summed E-state index contributed by atoms with van der Waals surface area (Å²) in [6, 6.07) is 9.05. The first-order valence-corrected chi connectivity index (χ1v) is 8.21. The van der Waals surface area contributed by atoms with Crippen LogP contribution in [0.25, 0.3) is 0 Å². The van der Waals surface area contributed by atoms with E-state index in [0.717, 1.165) is 25.3 Å². The predicted molar refractivity (Wildman–Crippen MR) is 87.3 cm³/mol. The van der Waals surface area contributed by atoms with Crippen molar-refractivity contribution < 1.29 is 4.74 Å². The molecule has 2 nitrogen and oxygen atoms in total. The SMILES string of the molecule is CCCCCCC(C)NCc1ccc(OCCC)cc1. The zero-order valence-corrected chi connectivity index (χ0v) is 13.5. The molecule has 1 aromatic carbocycles. The summed E-state index contributed by atoms with van der Waals surface area (Å²) in [5, 5.41) is 3.60. The number of rotatable bonds is 11. The number of nitrogens with one attached hydrogen (secondary N) is 1. The highest BCUT2D eigenvalue weighted by atomic mass is 16.5. The highest BCUT2D eigenvalue weighted by molar-refractivity contribution is 5.27. The number of hydrogen-bond acceptors (Lipinski definition) is 2. The van der Waals surface area contributed by atoms with E-state index < -0.39 is 0 Å². The summed E-state index contributed by atoms with van der Waals surface area (Å²) in [5.41, 5.74) is 1.33. The lowest BCUT2D eigenvalue weighted by Crippen LogP contribution is -2.25. The summed E-state index contributed by atoms with van der Waals surface area (Å²) >= 11 is 0. The molecule has 1 unspecified atom stereocenters. The molecule has 0 fully saturated rings. The fourth-order valence-corrected chi connectivity index (χ4v) is 2.19. The second-order valence-corrected chi connectivity index (χ2v) is 5.62. The highest BCUT2D eigenvalue weighted by Crippen LogP contribution is 2.13. The minimum atomic E-state index is 0.600. The second-order valence-electron chi connectivity index (χ2n) is 5.62. The quantitative estimate of drug-likeness (QED) is 0.579. The van der Waals surface area contributed by atoms with Crippen molar-refractivity contribution in [3.63, 3.8) is 0 Å². The lowest BCUT2D eigenvalue weighted by atomic mass is 10.1. The Kier molecular flexibility index (Phi) is 9.14. The van der Waals surface area contributed by atoms with Gasteiger partial charge in [0.15, 0.2) is 0 Å². The van der Waals surface area contributed by atoms with E-state index in [0.29, 0.717) is 6.04 Å². The maximum Gasteiger partial charge on any atom is 0.119 e. The molecule has 20 heavy (non-hydrogen) atoms. The third-order valence-electron chi connectivity index (χ3n) is 3.54. The Morgan fingerprint density at radius 3 is 2.40 bits per heavy atom. The number of benzene rings is 1. The molecule has 0 aromatic heterocycles. The van der Waals surface area contributed by atoms with Gasteiger partial charge in [0.2, 0.25) is 0 Å². The van der Waals surface area contributed by atoms with Gasteiger partial charge in [-0.15, -0.1) is 0 Å². The first-order chi connectivity index (χ1) is 9.76. The first kappa shape index (κ1) is 17.0. The van der Waals surface area contributed by atoms with Crippen LogP contribution in [0.5, 0.6) is 5.75 Å². The average Bonchev–Trinajstić information content (AvgIpc) is 2.48. The number of unbranched alkanes of at least 4 members (excludes halogenated alkanes) is 3. The molecule has 0 spiro atoms. The lowest BCUT2D eigenvalue weighted by Gasteiger charge is -2.14. The van der Waals surface area contributed by atoms with Crippen molar-refractivity contribution >= 4 is 0 Å². The van der Waals surface area contributed by atoms with Gasteiger partial charge < -0.3 is 10.1 Å². The molecule has 2 heteroatoms. The van der Waals surface area contributed by atoms with E-state index in [1.165, 1.54) is 37.7 Å². The molecule has 1 atom stereocenters. The maximum absolute atomic E-state index is 5.59. The topological polar surface area (TPSA) is 21.3 Å². The van der Waals surface area contributed by atoms with Crippen molar-refractivity contribution in [3.05, 3.63) is 29.8 Å². The van der Waals surface area contributed by atoms with Gasteiger partial charge in [0, 0.05) is 12.6 Å². The van der Waals surface area contributed by atoms with E-state index in [4.69, 9.17) is 4.74 Å². The molecular weight excluding hydrogens is 246 g/mol. The van der Waals surface area contributed by atoms with Crippen LogP contribution in [0.2, 0.25) is 0 Å². The van der Waals surface area contributed by atoms with Gasteiger partial charge in [-0.05, 0) is 37.5 Å². The molecule has 1 aromatic rings. The van der Waals surface area contributed by atoms with Crippen molar-refractivity contribution in [3.8, 4) is 5.75 Å². The van der Waals surface area contributed by atoms with E-state index in [1.54, 1.807) is 0 Å². The van der Waals surface area contributed by atoms with Crippen LogP contribution in [0.15, 0.2) is 24.3 Å². The zero-order chi connectivity index (χ0) is 14.6. The second kappa shape index (κ2) is 10.7. The van der Waals surface area contributed by atoms with Crippen LogP contribution in [-0.4, -0.2) is 12.6 Å². The molecule has 114 valence electrons. The van der Waals surface area contributed by atoms with Gasteiger partial charge in [-0.1, -0.05) is 51.7 Å². The standard InChI is InChI=1S/C18H31NO/c1-4-6-7-8-9-16(3)19-15-17-10-12-18(13-11-17)20-14-5-2/h10-13,16,19H,4-9,14-15H2,1-3H3. The Balaban J connectivity index is 2.20. The van der Waals surface area contributed by atoms with E-state index in [2.05, 4.69) is 50.4 Å². The Labute approximate surface area is 124 Å². The van der Waals surface area contributed by atoms with Crippen LogP contribution >= 0.6 is 0 Å². The predicted octanol–water partition coefficient (Wildman–Crippen LogP) is 4.92. The maximum atomic E-state index is 5.59. The zero-order valence-electron chi connectivity index (χ0n) is 13.5. The van der Waals surface area contributed by atoms with E-state index in [1.807, 2.05) is 0 Å². The van der Waals surface area contributed by atoms with Crippen molar-refractivity contribution in [1.82, 2.24) is 5.32 Å². The third kappa shape index (κ3) is 7.54. The van der Waals surface area contributed by atoms with Gasteiger partial charge in [0.25, 0.3) is 0 Å². The average molecular weight is 277 g/mol. The Bertz CT molecular complexity index is 334. The first-order valence-electron chi connectivity index (χ1n) is 8.21. The van der Waals surface area contributed by atoms with Gasteiger partial charge >= 0.3 is 0 Å². The van der Waals surface area contributed by atoms with Crippen molar-refractivity contribution in [2.24, 2.45) is 0 Å². The van der Waals surface area contributed by atoms with E-state index >= 15 is 0 Å². The van der Waals surface area contributed by atoms with Crippen molar-refractivity contribution in [1.29, 1.82) is 0 Å². The third-order valence-corrected chi connectivity index (χ3v) is 3.54. The molecule has 0 saturated heterocycles. The van der Waals surface area contributed by atoms with Crippen molar-refractivity contribution in [2.75, 3.05) is 6.61 Å². The monoisotopic (exact) mass is 277 g/mol. The molecule has 0 saturated carbocycles. The molecule has 0 aliphatic carbocycles. The largest absolute Gasteiger partial charge is 0.494 e. The smallest absolute Gasteiger partial charge is 0.119 e. The Morgan fingerprint density at radius 1 is 1.00 bits per heavy atom. The minimum absolute atomic E-state index is 0.600. The van der Waals surface area contributed by atoms with Crippen LogP contribution in [0.4, 0.5) is 0 Å². The summed E-state index contributed by atoms with van der Waals surface area (Å²) in [6.07, 6.45) is 7.72. The highest BCUT2D eigenvalue weighted by Gasteiger charge is 2.02. The fraction of sp³-hybridized carbons (Fsp3) is 0.667. The van der Waals surface area contributed by atoms with Crippen LogP contribution in [0.1, 0.15) is 64.9 Å². The van der Waals surface area contributed by atoms with Gasteiger partial charge in [-0.2, -0.15) is 0 Å². The summed E-state index contributed by atoms with van der Waals surface area (Å²) in [7, 11) is 0. The molecule has 0 aliphatic rings. The van der Waals surface area contributed by atoms with E-state index in [9.17, 15) is 0 Å². The van der Waals surface area contributed by atoms with Crippen LogP contribution in [0.3, 0.4) is 0 Å². The molecule has 0 aliphatic heterocycles. The van der Waals surface area contributed by atoms with Gasteiger partial charge in [-0.25, -0.2) is 0 Å². The van der Waals surface area contributed by atoms with Crippen LogP contribution in [0, 0.1) is 0 Å². The summed E-state index contributed by atoms with van der Waals surface area (Å²) in [4.78, 5) is 0. The van der Waals surface area contributed by atoms with E-state index in [-0.39, 0.29) is 0 Å². The van der Waals surface area contributed by atoms with Gasteiger partial charge in [-0.3, -0.25) is 0 Å². The van der Waals surface area contributed by atoms with Gasteiger partial charge in [0.1, 0.15) is 5.75 Å². The van der Waals surface area contributed by atoms with Crippen molar-refractivity contribution in [2.45, 2.75) is 71.9 Å². The summed E-state index contributed by atoms with van der Waals surface area (Å²) < 4.78 is 5.59. The minimum Gasteiger partial charge on any atom is -0.494 e. The Morgan fingerprint density at radius 2 is 1.75 bits per heavy atom. The summed E-state index contributed by atoms with van der Waals surface area (Å²) in [5.74, 6) is 0.975. The van der Waals surface area contributed by atoms with Crippen LogP contribution < -0.4 is 10.1 Å². The number of hydrogen-bond donors (Lipinski definition) is 1. The molecule has 0 radical (unpaired) electrons. The normalized spacial score (nSPS) is 12.3. The number of ether oxygens (including phenoxy) is 1. The lowest BCUT2D eigenvalue weighted by molar-refractivity contribution is 0.317. The summed E-state index contributed by atoms with van der Waals surface area (Å²) in [6.45, 7) is 8.41. The van der Waals surface area contributed by atoms with Gasteiger partial charge in [0.05, 0.1) is 6.61 Å². The van der Waals surface area contributed by atoms with Crippen LogP contribution in [-0.2, 0) is 6.54 Å².